The molecular weight excluding hydrogens is 313 g/mol. The van der Waals surface area contributed by atoms with Gasteiger partial charge in [0.1, 0.15) is 5.82 Å². The lowest BCUT2D eigenvalue weighted by Crippen LogP contribution is -2.27. The third-order valence-corrected chi connectivity index (χ3v) is 4.52. The van der Waals surface area contributed by atoms with E-state index in [4.69, 9.17) is 11.6 Å². The van der Waals surface area contributed by atoms with Crippen LogP contribution in [0.2, 0.25) is 5.02 Å². The zero-order valence-corrected chi connectivity index (χ0v) is 12.8. The summed E-state index contributed by atoms with van der Waals surface area (Å²) in [6.07, 6.45) is 0.250. The van der Waals surface area contributed by atoms with Crippen LogP contribution in [0, 0.1) is 5.82 Å². The van der Waals surface area contributed by atoms with E-state index in [1.807, 2.05) is 6.07 Å². The predicted molar refractivity (Wildman–Crippen MR) is 82.2 cm³/mol. The van der Waals surface area contributed by atoms with Gasteiger partial charge in [-0.2, -0.15) is 0 Å². The molecule has 0 aromatic heterocycles. The van der Waals surface area contributed by atoms with Gasteiger partial charge in [0.25, 0.3) is 0 Å². The summed E-state index contributed by atoms with van der Waals surface area (Å²) in [5.74, 6) is -0.479. The fraction of sp³-hybridized carbons (Fsp3) is 0.200. The van der Waals surface area contributed by atoms with Gasteiger partial charge in [-0.05, 0) is 35.7 Å². The summed E-state index contributed by atoms with van der Waals surface area (Å²) in [5.41, 5.74) is 1.10. The van der Waals surface area contributed by atoms with Gasteiger partial charge in [0.2, 0.25) is 10.0 Å². The van der Waals surface area contributed by atoms with Gasteiger partial charge >= 0.3 is 0 Å². The highest BCUT2D eigenvalue weighted by Gasteiger charge is 2.11. The van der Waals surface area contributed by atoms with Gasteiger partial charge in [-0.1, -0.05) is 41.9 Å². The number of halogens is 2. The number of hydrogen-bond donors (Lipinski definition) is 1. The van der Waals surface area contributed by atoms with Crippen molar-refractivity contribution in [3.8, 4) is 0 Å². The number of benzene rings is 2. The average Bonchev–Trinajstić information content (AvgIpc) is 2.43. The van der Waals surface area contributed by atoms with Gasteiger partial charge in [-0.3, -0.25) is 0 Å². The van der Waals surface area contributed by atoms with Gasteiger partial charge < -0.3 is 0 Å². The summed E-state index contributed by atoms with van der Waals surface area (Å²) in [6.45, 7) is 0.131. The summed E-state index contributed by atoms with van der Waals surface area (Å²) < 4.78 is 39.8. The zero-order chi connectivity index (χ0) is 15.3. The summed E-state index contributed by atoms with van der Waals surface area (Å²) in [4.78, 5) is 0. The van der Waals surface area contributed by atoms with E-state index in [1.54, 1.807) is 24.3 Å². The molecule has 6 heteroatoms. The smallest absolute Gasteiger partial charge is 0.215 e. The Morgan fingerprint density at radius 1 is 1.10 bits per heavy atom. The van der Waals surface area contributed by atoms with Crippen molar-refractivity contribution in [2.75, 3.05) is 6.54 Å². The topological polar surface area (TPSA) is 46.2 Å². The highest BCUT2D eigenvalue weighted by molar-refractivity contribution is 7.88. The van der Waals surface area contributed by atoms with Crippen molar-refractivity contribution < 1.29 is 12.8 Å². The minimum Gasteiger partial charge on any atom is -0.215 e. The van der Waals surface area contributed by atoms with Gasteiger partial charge in [0, 0.05) is 11.6 Å². The monoisotopic (exact) mass is 327 g/mol. The highest BCUT2D eigenvalue weighted by Crippen LogP contribution is 2.15. The molecule has 0 spiro atoms. The van der Waals surface area contributed by atoms with Crippen LogP contribution in [-0.4, -0.2) is 15.0 Å². The molecule has 0 radical (unpaired) electrons. The van der Waals surface area contributed by atoms with E-state index in [0.29, 0.717) is 16.1 Å². The van der Waals surface area contributed by atoms with Crippen LogP contribution in [0.15, 0.2) is 48.5 Å². The molecule has 0 saturated carbocycles. The summed E-state index contributed by atoms with van der Waals surface area (Å²) in [6, 6.07) is 13.1. The first-order valence-electron chi connectivity index (χ1n) is 6.41. The Kier molecular flexibility index (Phi) is 5.33. The molecule has 0 atom stereocenters. The van der Waals surface area contributed by atoms with E-state index in [-0.39, 0.29) is 24.5 Å². The van der Waals surface area contributed by atoms with E-state index in [9.17, 15) is 12.8 Å². The molecule has 0 heterocycles. The number of nitrogens with one attached hydrogen (secondary N) is 1. The molecule has 0 amide bonds. The summed E-state index contributed by atoms with van der Waals surface area (Å²) in [5, 5.41) is 0.429. The molecular formula is C15H15ClFNO2S. The Morgan fingerprint density at radius 3 is 2.52 bits per heavy atom. The highest BCUT2D eigenvalue weighted by atomic mass is 35.5. The maximum Gasteiger partial charge on any atom is 0.215 e. The van der Waals surface area contributed by atoms with Gasteiger partial charge in [0.15, 0.2) is 0 Å². The lowest BCUT2D eigenvalue weighted by atomic mass is 10.1. The van der Waals surface area contributed by atoms with Crippen molar-refractivity contribution in [1.29, 1.82) is 0 Å². The molecule has 0 saturated heterocycles. The number of sulfonamides is 1. The van der Waals surface area contributed by atoms with Crippen molar-refractivity contribution in [3.05, 3.63) is 70.5 Å². The van der Waals surface area contributed by atoms with E-state index >= 15 is 0 Å². The molecule has 1 N–H and O–H groups in total. The third kappa shape index (κ3) is 5.12. The second-order valence-electron chi connectivity index (χ2n) is 4.62. The second-order valence-corrected chi connectivity index (χ2v) is 6.87. The van der Waals surface area contributed by atoms with Crippen LogP contribution in [-0.2, 0) is 22.2 Å². The average molecular weight is 328 g/mol. The normalized spacial score (nSPS) is 11.5. The Labute approximate surface area is 128 Å². The van der Waals surface area contributed by atoms with Crippen LogP contribution in [0.25, 0.3) is 0 Å². The molecule has 0 aliphatic heterocycles. The van der Waals surface area contributed by atoms with Crippen molar-refractivity contribution in [3.63, 3.8) is 0 Å². The first-order valence-corrected chi connectivity index (χ1v) is 8.44. The molecule has 3 nitrogen and oxygen atoms in total. The molecule has 2 aromatic rings. The molecule has 2 rings (SSSR count). The standard InChI is InChI=1S/C15H15ClFNO2S/c16-14-6-7-15(17)13(10-14)8-9-18-21(19,20)11-12-4-2-1-3-5-12/h1-7,10,18H,8-9,11H2. The minimum atomic E-state index is -3.43. The first-order chi connectivity index (χ1) is 9.96. The van der Waals surface area contributed by atoms with Crippen LogP contribution in [0.1, 0.15) is 11.1 Å². The molecule has 2 aromatic carbocycles. The fourth-order valence-corrected chi connectivity index (χ4v) is 3.26. The van der Waals surface area contributed by atoms with Crippen molar-refractivity contribution in [2.45, 2.75) is 12.2 Å². The van der Waals surface area contributed by atoms with Crippen LogP contribution in [0.5, 0.6) is 0 Å². The maximum atomic E-state index is 13.5. The molecule has 21 heavy (non-hydrogen) atoms. The predicted octanol–water partition coefficient (Wildman–Crippen LogP) is 3.14. The van der Waals surface area contributed by atoms with Crippen LogP contribution < -0.4 is 4.72 Å². The van der Waals surface area contributed by atoms with Gasteiger partial charge in [-0.25, -0.2) is 17.5 Å². The molecule has 0 unspecified atom stereocenters. The van der Waals surface area contributed by atoms with E-state index in [0.717, 1.165) is 0 Å². The second kappa shape index (κ2) is 7.02. The lowest BCUT2D eigenvalue weighted by Gasteiger charge is -2.08. The van der Waals surface area contributed by atoms with Gasteiger partial charge in [0.05, 0.1) is 5.75 Å². The van der Waals surface area contributed by atoms with Crippen molar-refractivity contribution >= 4 is 21.6 Å². The summed E-state index contributed by atoms with van der Waals surface area (Å²) in [7, 11) is -3.43. The van der Waals surface area contributed by atoms with Crippen LogP contribution >= 0.6 is 11.6 Å². The largest absolute Gasteiger partial charge is 0.215 e. The zero-order valence-electron chi connectivity index (χ0n) is 11.2. The van der Waals surface area contributed by atoms with E-state index < -0.39 is 10.0 Å². The first kappa shape index (κ1) is 15.9. The molecule has 0 aliphatic carbocycles. The molecule has 112 valence electrons. The Hall–Kier alpha value is -1.43. The lowest BCUT2D eigenvalue weighted by molar-refractivity contribution is 0.576. The van der Waals surface area contributed by atoms with Crippen molar-refractivity contribution in [2.24, 2.45) is 0 Å². The maximum absolute atomic E-state index is 13.5. The SMILES string of the molecule is O=S(=O)(Cc1ccccc1)NCCc1cc(Cl)ccc1F. The van der Waals surface area contributed by atoms with Crippen LogP contribution in [0.4, 0.5) is 4.39 Å². The summed E-state index contributed by atoms with van der Waals surface area (Å²) >= 11 is 5.79. The number of rotatable bonds is 6. The number of hydrogen-bond acceptors (Lipinski definition) is 2. The molecule has 0 aliphatic rings. The van der Waals surface area contributed by atoms with Crippen LogP contribution in [0.3, 0.4) is 0 Å². The molecule has 0 fully saturated rings. The molecule has 0 bridgehead atoms. The quantitative estimate of drug-likeness (QED) is 0.886. The Bertz CT molecular complexity index is 705. The Morgan fingerprint density at radius 2 is 1.81 bits per heavy atom. The Balaban J connectivity index is 1.92. The van der Waals surface area contributed by atoms with E-state index in [1.165, 1.54) is 18.2 Å². The van der Waals surface area contributed by atoms with Crippen molar-refractivity contribution in [1.82, 2.24) is 4.72 Å². The van der Waals surface area contributed by atoms with Gasteiger partial charge in [-0.15, -0.1) is 0 Å². The minimum absolute atomic E-state index is 0.0914. The fourth-order valence-electron chi connectivity index (χ4n) is 1.92. The van der Waals surface area contributed by atoms with E-state index in [2.05, 4.69) is 4.72 Å². The third-order valence-electron chi connectivity index (χ3n) is 2.92.